The fraction of sp³-hybridized carbons (Fsp3) is 0.714. The molecule has 0 aromatic rings. The molecule has 4 nitrogen and oxygen atoms in total. The Morgan fingerprint density at radius 3 is 2.67 bits per heavy atom. The topological polar surface area (TPSA) is 58.2 Å². The number of hydrogen-bond acceptors (Lipinski definition) is 2. The molecule has 0 radical (unpaired) electrons. The van der Waals surface area contributed by atoms with Gasteiger partial charge in [-0.05, 0) is 18.8 Å². The second-order valence-corrected chi connectivity index (χ2v) is 5.31. The molecule has 0 aromatic heterocycles. The molecule has 0 aromatic carbocycles. The zero-order chi connectivity index (χ0) is 13.5. The minimum absolute atomic E-state index is 0.0367. The molecule has 2 amide bonds. The number of nitrogens with one attached hydrogen (secondary N) is 2. The van der Waals surface area contributed by atoms with E-state index >= 15 is 0 Å². The molecule has 0 aliphatic carbocycles. The summed E-state index contributed by atoms with van der Waals surface area (Å²) in [6, 6.07) is 0.156. The second kappa shape index (κ2) is 7.19. The summed E-state index contributed by atoms with van der Waals surface area (Å²) < 4.78 is 0. The van der Waals surface area contributed by atoms with E-state index in [2.05, 4.69) is 36.6 Å². The zero-order valence-corrected chi connectivity index (χ0v) is 11.5. The van der Waals surface area contributed by atoms with Gasteiger partial charge in [0.25, 0.3) is 0 Å². The van der Waals surface area contributed by atoms with E-state index in [1.54, 1.807) is 6.92 Å². The fourth-order valence-corrected chi connectivity index (χ4v) is 1.95. The number of hydrogen-bond donors (Lipinski definition) is 2. The van der Waals surface area contributed by atoms with Crippen LogP contribution in [0.1, 0.15) is 40.0 Å². The molecular formula is C14H24N2O2. The third kappa shape index (κ3) is 4.90. The van der Waals surface area contributed by atoms with Gasteiger partial charge in [-0.1, -0.05) is 32.9 Å². The molecule has 0 bridgehead atoms. The lowest BCUT2D eigenvalue weighted by Crippen LogP contribution is -2.41. The maximum atomic E-state index is 11.9. The van der Waals surface area contributed by atoms with Crippen LogP contribution >= 0.6 is 0 Å². The van der Waals surface area contributed by atoms with Gasteiger partial charge in [0, 0.05) is 24.9 Å². The SMILES string of the molecule is CC(C)[C@H]1C/C=C\CCNC(=O)[C@H](C)CC(=O)N1. The summed E-state index contributed by atoms with van der Waals surface area (Å²) >= 11 is 0. The monoisotopic (exact) mass is 252 g/mol. The van der Waals surface area contributed by atoms with Crippen molar-refractivity contribution in [1.82, 2.24) is 10.6 Å². The lowest BCUT2D eigenvalue weighted by Gasteiger charge is -2.22. The number of amides is 2. The molecule has 1 rings (SSSR count). The van der Waals surface area contributed by atoms with Gasteiger partial charge in [0.1, 0.15) is 0 Å². The highest BCUT2D eigenvalue weighted by Gasteiger charge is 2.20. The van der Waals surface area contributed by atoms with Gasteiger partial charge in [-0.15, -0.1) is 0 Å². The van der Waals surface area contributed by atoms with Crippen LogP contribution in [0.15, 0.2) is 12.2 Å². The van der Waals surface area contributed by atoms with Crippen molar-refractivity contribution in [3.63, 3.8) is 0 Å². The Morgan fingerprint density at radius 2 is 2.00 bits per heavy atom. The molecule has 0 unspecified atom stereocenters. The normalized spacial score (nSPS) is 28.9. The van der Waals surface area contributed by atoms with Crippen LogP contribution < -0.4 is 10.6 Å². The lowest BCUT2D eigenvalue weighted by atomic mass is 9.99. The first-order chi connectivity index (χ1) is 8.50. The molecule has 1 aliphatic rings. The van der Waals surface area contributed by atoms with Gasteiger partial charge >= 0.3 is 0 Å². The Morgan fingerprint density at radius 1 is 1.28 bits per heavy atom. The summed E-state index contributed by atoms with van der Waals surface area (Å²) in [6.07, 6.45) is 6.11. The van der Waals surface area contributed by atoms with Crippen molar-refractivity contribution in [2.75, 3.05) is 6.54 Å². The fourth-order valence-electron chi connectivity index (χ4n) is 1.95. The predicted octanol–water partition coefficient (Wildman–Crippen LogP) is 1.62. The van der Waals surface area contributed by atoms with E-state index in [4.69, 9.17) is 0 Å². The number of carbonyl (C=O) groups is 2. The average Bonchev–Trinajstić information content (AvgIpc) is 2.29. The van der Waals surface area contributed by atoms with Crippen LogP contribution in [0.25, 0.3) is 0 Å². The summed E-state index contributed by atoms with van der Waals surface area (Å²) in [7, 11) is 0. The minimum Gasteiger partial charge on any atom is -0.356 e. The highest BCUT2D eigenvalue weighted by molar-refractivity contribution is 5.85. The first-order valence-corrected chi connectivity index (χ1v) is 6.72. The molecule has 1 aliphatic heterocycles. The van der Waals surface area contributed by atoms with Gasteiger partial charge in [-0.25, -0.2) is 0 Å². The quantitative estimate of drug-likeness (QED) is 0.697. The van der Waals surface area contributed by atoms with E-state index in [9.17, 15) is 9.59 Å². The van der Waals surface area contributed by atoms with E-state index in [1.807, 2.05) is 0 Å². The van der Waals surface area contributed by atoms with Crippen molar-refractivity contribution >= 4 is 11.8 Å². The molecule has 4 heteroatoms. The third-order valence-corrected chi connectivity index (χ3v) is 3.26. The number of carbonyl (C=O) groups excluding carboxylic acids is 2. The standard InChI is InChI=1S/C14H24N2O2/c1-10(2)12-7-5-4-6-8-15-14(18)11(3)9-13(17)16-12/h4-5,10-12H,6-9H2,1-3H3,(H,15,18)(H,16,17)/b5-4-/t11-,12-/m1/s1. The van der Waals surface area contributed by atoms with Crippen LogP contribution in [0.3, 0.4) is 0 Å². The molecule has 0 fully saturated rings. The van der Waals surface area contributed by atoms with Gasteiger partial charge in [-0.2, -0.15) is 0 Å². The van der Waals surface area contributed by atoms with Crippen LogP contribution in [0.4, 0.5) is 0 Å². The molecule has 102 valence electrons. The third-order valence-electron chi connectivity index (χ3n) is 3.26. The molecule has 18 heavy (non-hydrogen) atoms. The Kier molecular flexibility index (Phi) is 5.89. The Hall–Kier alpha value is -1.32. The van der Waals surface area contributed by atoms with Gasteiger partial charge in [0.15, 0.2) is 0 Å². The van der Waals surface area contributed by atoms with Crippen LogP contribution in [0.5, 0.6) is 0 Å². The molecule has 0 saturated carbocycles. The van der Waals surface area contributed by atoms with Crippen molar-refractivity contribution in [3.8, 4) is 0 Å². The molecule has 0 saturated heterocycles. The summed E-state index contributed by atoms with van der Waals surface area (Å²) in [5, 5.41) is 5.85. The smallest absolute Gasteiger partial charge is 0.223 e. The minimum atomic E-state index is -0.263. The first-order valence-electron chi connectivity index (χ1n) is 6.72. The highest BCUT2D eigenvalue weighted by Crippen LogP contribution is 2.10. The second-order valence-electron chi connectivity index (χ2n) is 5.31. The van der Waals surface area contributed by atoms with E-state index in [1.165, 1.54) is 0 Å². The Balaban J connectivity index is 2.70. The molecule has 2 atom stereocenters. The largest absolute Gasteiger partial charge is 0.356 e. The predicted molar refractivity (Wildman–Crippen MR) is 71.9 cm³/mol. The van der Waals surface area contributed by atoms with Crippen molar-refractivity contribution in [3.05, 3.63) is 12.2 Å². The van der Waals surface area contributed by atoms with Gasteiger partial charge in [0.05, 0.1) is 0 Å². The van der Waals surface area contributed by atoms with Crippen molar-refractivity contribution in [2.45, 2.75) is 46.1 Å². The van der Waals surface area contributed by atoms with E-state index < -0.39 is 0 Å². The van der Waals surface area contributed by atoms with Crippen molar-refractivity contribution < 1.29 is 9.59 Å². The van der Waals surface area contributed by atoms with Crippen LogP contribution in [-0.4, -0.2) is 24.4 Å². The van der Waals surface area contributed by atoms with E-state index in [-0.39, 0.29) is 30.2 Å². The van der Waals surface area contributed by atoms with Crippen LogP contribution in [0, 0.1) is 11.8 Å². The van der Waals surface area contributed by atoms with E-state index in [0.717, 1.165) is 12.8 Å². The number of rotatable bonds is 1. The summed E-state index contributed by atoms with van der Waals surface area (Å²) in [5.41, 5.74) is 0. The van der Waals surface area contributed by atoms with Crippen molar-refractivity contribution in [2.24, 2.45) is 11.8 Å². The van der Waals surface area contributed by atoms with Gasteiger partial charge in [-0.3, -0.25) is 9.59 Å². The summed E-state index contributed by atoms with van der Waals surface area (Å²) in [4.78, 5) is 23.5. The average molecular weight is 252 g/mol. The van der Waals surface area contributed by atoms with Crippen LogP contribution in [-0.2, 0) is 9.59 Å². The Labute approximate surface area is 109 Å². The maximum Gasteiger partial charge on any atom is 0.223 e. The van der Waals surface area contributed by atoms with Crippen LogP contribution in [0.2, 0.25) is 0 Å². The first kappa shape index (κ1) is 14.7. The van der Waals surface area contributed by atoms with Gasteiger partial charge < -0.3 is 10.6 Å². The molecule has 2 N–H and O–H groups in total. The highest BCUT2D eigenvalue weighted by atomic mass is 16.2. The summed E-state index contributed by atoms with van der Waals surface area (Å²) in [5.74, 6) is 0.0532. The Bertz CT molecular complexity index is 324. The zero-order valence-electron chi connectivity index (χ0n) is 11.5. The molecular weight excluding hydrogens is 228 g/mol. The summed E-state index contributed by atoms with van der Waals surface area (Å²) in [6.45, 7) is 6.64. The molecule has 0 spiro atoms. The van der Waals surface area contributed by atoms with Crippen molar-refractivity contribution in [1.29, 1.82) is 0 Å². The maximum absolute atomic E-state index is 11.9. The molecule has 1 heterocycles. The lowest BCUT2D eigenvalue weighted by molar-refractivity contribution is -0.130. The van der Waals surface area contributed by atoms with Gasteiger partial charge in [0.2, 0.25) is 11.8 Å². The van der Waals surface area contributed by atoms with E-state index in [0.29, 0.717) is 12.5 Å².